The fourth-order valence-corrected chi connectivity index (χ4v) is 2.07. The molecule has 1 aliphatic heterocycles. The van der Waals surface area contributed by atoms with E-state index in [0.717, 1.165) is 18.7 Å². The van der Waals surface area contributed by atoms with E-state index in [9.17, 15) is 13.6 Å². The van der Waals surface area contributed by atoms with E-state index in [1.54, 1.807) is 0 Å². The maximum Gasteiger partial charge on any atom is 0.335 e. The molecule has 1 fully saturated rings. The summed E-state index contributed by atoms with van der Waals surface area (Å²) in [5, 5.41) is 11.4. The van der Waals surface area contributed by atoms with Gasteiger partial charge in [-0.1, -0.05) is 0 Å². The number of carboxylic acid groups (broad SMARTS) is 1. The van der Waals surface area contributed by atoms with Gasteiger partial charge in [-0.15, -0.1) is 0 Å². The Bertz CT molecular complexity index is 487. The maximum absolute atomic E-state index is 13.7. The third kappa shape index (κ3) is 3.43. The van der Waals surface area contributed by atoms with E-state index in [0.29, 0.717) is 13.2 Å². The van der Waals surface area contributed by atoms with Crippen molar-refractivity contribution in [3.8, 4) is 0 Å². The first-order valence-electron chi connectivity index (χ1n) is 6.23. The summed E-state index contributed by atoms with van der Waals surface area (Å²) in [5.74, 6) is -3.22. The van der Waals surface area contributed by atoms with E-state index in [4.69, 9.17) is 9.84 Å². The van der Waals surface area contributed by atoms with Gasteiger partial charge in [-0.3, -0.25) is 0 Å². The number of nitrogens with zero attached hydrogens (tertiary/aromatic N) is 1. The van der Waals surface area contributed by atoms with Gasteiger partial charge in [0.2, 0.25) is 0 Å². The van der Waals surface area contributed by atoms with Crippen LogP contribution in [0, 0.1) is 11.6 Å². The summed E-state index contributed by atoms with van der Waals surface area (Å²) in [5.41, 5.74) is -0.744. The molecule has 0 aliphatic carbocycles. The van der Waals surface area contributed by atoms with Crippen molar-refractivity contribution >= 4 is 11.7 Å². The lowest BCUT2D eigenvalue weighted by atomic mass is 10.1. The number of carbonyl (C=O) groups is 1. The number of hydrogen-bond donors (Lipinski definition) is 2. The number of ether oxygens (including phenoxy) is 1. The minimum atomic E-state index is -1.37. The van der Waals surface area contributed by atoms with Crippen LogP contribution in [0.15, 0.2) is 12.1 Å². The first-order chi connectivity index (χ1) is 9.47. The molecule has 0 amide bonds. The van der Waals surface area contributed by atoms with Crippen LogP contribution in [-0.2, 0) is 4.74 Å². The van der Waals surface area contributed by atoms with Gasteiger partial charge in [0.05, 0.1) is 18.3 Å². The zero-order chi connectivity index (χ0) is 14.7. The van der Waals surface area contributed by atoms with E-state index in [2.05, 4.69) is 10.2 Å². The van der Waals surface area contributed by atoms with E-state index in [1.807, 2.05) is 7.05 Å². The second-order valence-electron chi connectivity index (χ2n) is 4.76. The molecule has 1 saturated heterocycles. The summed E-state index contributed by atoms with van der Waals surface area (Å²) >= 11 is 0. The number of aromatic carboxylic acids is 1. The van der Waals surface area contributed by atoms with Gasteiger partial charge in [-0.05, 0) is 19.2 Å². The Labute approximate surface area is 115 Å². The van der Waals surface area contributed by atoms with Crippen molar-refractivity contribution < 1.29 is 23.4 Å². The molecule has 20 heavy (non-hydrogen) atoms. The summed E-state index contributed by atoms with van der Waals surface area (Å²) in [6.45, 7) is 2.33. The Hall–Kier alpha value is -1.73. The Morgan fingerprint density at radius 3 is 2.70 bits per heavy atom. The van der Waals surface area contributed by atoms with Gasteiger partial charge in [-0.2, -0.15) is 0 Å². The molecule has 2 N–H and O–H groups in total. The summed E-state index contributed by atoms with van der Waals surface area (Å²) in [7, 11) is 1.94. The molecule has 1 unspecified atom stereocenters. The minimum absolute atomic E-state index is 0.160. The molecule has 0 aromatic heterocycles. The predicted molar refractivity (Wildman–Crippen MR) is 69.0 cm³/mol. The van der Waals surface area contributed by atoms with Crippen molar-refractivity contribution in [2.24, 2.45) is 0 Å². The lowest BCUT2D eigenvalue weighted by Crippen LogP contribution is -2.43. The van der Waals surface area contributed by atoms with Crippen LogP contribution in [0.1, 0.15) is 10.4 Å². The zero-order valence-electron chi connectivity index (χ0n) is 11.0. The van der Waals surface area contributed by atoms with E-state index in [-0.39, 0.29) is 18.3 Å². The van der Waals surface area contributed by atoms with Gasteiger partial charge in [0.15, 0.2) is 0 Å². The number of likely N-dealkylation sites (N-methyl/N-ethyl adjacent to an activating group) is 1. The molecular weight excluding hydrogens is 270 g/mol. The smallest absolute Gasteiger partial charge is 0.335 e. The largest absolute Gasteiger partial charge is 0.478 e. The number of benzene rings is 1. The van der Waals surface area contributed by atoms with Crippen LogP contribution in [0.3, 0.4) is 0 Å². The van der Waals surface area contributed by atoms with Gasteiger partial charge in [-0.25, -0.2) is 13.6 Å². The Kier molecular flexibility index (Phi) is 4.51. The second-order valence-corrected chi connectivity index (χ2v) is 4.76. The van der Waals surface area contributed by atoms with Gasteiger partial charge < -0.3 is 20.1 Å². The van der Waals surface area contributed by atoms with Gasteiger partial charge in [0.1, 0.15) is 17.3 Å². The standard InChI is InChI=1S/C13H16F2N2O3/c1-17-2-3-20-9(7-17)6-16-12-10(14)4-8(13(18)19)5-11(12)15/h4-5,9,16H,2-3,6-7H2,1H3,(H,18,19). The molecule has 2 rings (SSSR count). The molecule has 1 atom stereocenters. The van der Waals surface area contributed by atoms with Crippen LogP contribution in [0.2, 0.25) is 0 Å². The van der Waals surface area contributed by atoms with Gasteiger partial charge >= 0.3 is 5.97 Å². The highest BCUT2D eigenvalue weighted by Gasteiger charge is 2.20. The van der Waals surface area contributed by atoms with Crippen molar-refractivity contribution in [2.45, 2.75) is 6.10 Å². The molecule has 1 heterocycles. The number of nitrogens with one attached hydrogen (secondary N) is 1. The summed E-state index contributed by atoms with van der Waals surface area (Å²) in [4.78, 5) is 12.7. The van der Waals surface area contributed by atoms with Gasteiger partial charge in [0, 0.05) is 19.6 Å². The zero-order valence-corrected chi connectivity index (χ0v) is 11.0. The number of morpholine rings is 1. The SMILES string of the molecule is CN1CCOC(CNc2c(F)cc(C(=O)O)cc2F)C1. The van der Waals surface area contributed by atoms with Gasteiger partial charge in [0.25, 0.3) is 0 Å². The van der Waals surface area contributed by atoms with Crippen LogP contribution in [0.5, 0.6) is 0 Å². The van der Waals surface area contributed by atoms with Crippen molar-refractivity contribution in [3.63, 3.8) is 0 Å². The van der Waals surface area contributed by atoms with Crippen LogP contribution in [0.4, 0.5) is 14.5 Å². The lowest BCUT2D eigenvalue weighted by molar-refractivity contribution is -0.0117. The number of halogens is 2. The topological polar surface area (TPSA) is 61.8 Å². The summed E-state index contributed by atoms with van der Waals surface area (Å²) in [6.07, 6.45) is -0.160. The summed E-state index contributed by atoms with van der Waals surface area (Å²) < 4.78 is 32.8. The number of anilines is 1. The lowest BCUT2D eigenvalue weighted by Gasteiger charge is -2.30. The average Bonchev–Trinajstić information content (AvgIpc) is 2.37. The molecule has 5 nitrogen and oxygen atoms in total. The Morgan fingerprint density at radius 1 is 1.50 bits per heavy atom. The van der Waals surface area contributed by atoms with E-state index >= 15 is 0 Å². The van der Waals surface area contributed by atoms with E-state index < -0.39 is 23.2 Å². The third-order valence-electron chi connectivity index (χ3n) is 3.14. The van der Waals surface area contributed by atoms with Crippen LogP contribution in [0.25, 0.3) is 0 Å². The quantitative estimate of drug-likeness (QED) is 0.876. The van der Waals surface area contributed by atoms with Crippen molar-refractivity contribution in [2.75, 3.05) is 38.6 Å². The predicted octanol–water partition coefficient (Wildman–Crippen LogP) is 1.41. The van der Waals surface area contributed by atoms with Crippen molar-refractivity contribution in [1.82, 2.24) is 4.90 Å². The fraction of sp³-hybridized carbons (Fsp3) is 0.462. The number of carboxylic acids is 1. The van der Waals surface area contributed by atoms with Crippen LogP contribution < -0.4 is 5.32 Å². The van der Waals surface area contributed by atoms with Crippen molar-refractivity contribution in [3.05, 3.63) is 29.3 Å². The summed E-state index contributed by atoms with van der Waals surface area (Å²) in [6, 6.07) is 1.59. The molecule has 0 spiro atoms. The molecule has 0 saturated carbocycles. The minimum Gasteiger partial charge on any atom is -0.478 e. The molecule has 1 aliphatic rings. The highest BCUT2D eigenvalue weighted by molar-refractivity contribution is 5.88. The first-order valence-corrected chi connectivity index (χ1v) is 6.23. The Morgan fingerprint density at radius 2 is 2.15 bits per heavy atom. The third-order valence-corrected chi connectivity index (χ3v) is 3.14. The monoisotopic (exact) mass is 286 g/mol. The van der Waals surface area contributed by atoms with Crippen LogP contribution >= 0.6 is 0 Å². The maximum atomic E-state index is 13.7. The fourth-order valence-electron chi connectivity index (χ4n) is 2.07. The average molecular weight is 286 g/mol. The second kappa shape index (κ2) is 6.15. The molecule has 1 aromatic rings. The number of rotatable bonds is 4. The molecule has 1 aromatic carbocycles. The number of hydrogen-bond acceptors (Lipinski definition) is 4. The first kappa shape index (κ1) is 14.7. The molecule has 0 radical (unpaired) electrons. The molecule has 7 heteroatoms. The molecule has 0 bridgehead atoms. The van der Waals surface area contributed by atoms with Crippen molar-refractivity contribution in [1.29, 1.82) is 0 Å². The normalized spacial score (nSPS) is 19.9. The highest BCUT2D eigenvalue weighted by Crippen LogP contribution is 2.21. The van der Waals surface area contributed by atoms with Crippen LogP contribution in [-0.4, -0.2) is 55.4 Å². The Balaban J connectivity index is 2.04. The molecular formula is C13H16F2N2O3. The van der Waals surface area contributed by atoms with E-state index in [1.165, 1.54) is 0 Å². The molecule has 110 valence electrons. The highest BCUT2D eigenvalue weighted by atomic mass is 19.1.